The van der Waals surface area contributed by atoms with Crippen LogP contribution in [0.1, 0.15) is 0 Å². The van der Waals surface area contributed by atoms with Crippen molar-refractivity contribution in [2.75, 3.05) is 5.32 Å². The van der Waals surface area contributed by atoms with Gasteiger partial charge in [0.2, 0.25) is 5.96 Å². The molecule has 0 aliphatic carbocycles. The van der Waals surface area contributed by atoms with E-state index in [4.69, 9.17) is 5.73 Å². The zero-order valence-corrected chi connectivity index (χ0v) is 12.8. The minimum absolute atomic E-state index is 0.251. The van der Waals surface area contributed by atoms with Crippen molar-refractivity contribution < 1.29 is 0 Å². The molecule has 0 amide bonds. The number of para-hydroxylation sites is 2. The van der Waals surface area contributed by atoms with Gasteiger partial charge in [0.25, 0.3) is 0 Å². The highest BCUT2D eigenvalue weighted by molar-refractivity contribution is 5.94. The molecule has 116 valence electrons. The SMILES string of the molecule is NC(=Nc1ccc2ccccc2n1)Nc1ccc2ccccc2n1. The summed E-state index contributed by atoms with van der Waals surface area (Å²) in [4.78, 5) is 13.3. The Balaban J connectivity index is 1.61. The van der Waals surface area contributed by atoms with Crippen molar-refractivity contribution in [1.82, 2.24) is 9.97 Å². The largest absolute Gasteiger partial charge is 0.369 e. The Morgan fingerprint density at radius 3 is 2.12 bits per heavy atom. The molecule has 2 aromatic carbocycles. The maximum atomic E-state index is 5.98. The molecule has 0 saturated heterocycles. The third-order valence-electron chi connectivity index (χ3n) is 3.67. The highest BCUT2D eigenvalue weighted by Crippen LogP contribution is 2.17. The fraction of sp³-hybridized carbons (Fsp3) is 0. The zero-order chi connectivity index (χ0) is 16.4. The summed E-state index contributed by atoms with van der Waals surface area (Å²) >= 11 is 0. The van der Waals surface area contributed by atoms with Gasteiger partial charge in [-0.2, -0.15) is 4.99 Å². The molecule has 2 heterocycles. The number of nitrogens with zero attached hydrogens (tertiary/aromatic N) is 3. The van der Waals surface area contributed by atoms with Crippen LogP contribution in [0.2, 0.25) is 0 Å². The quantitative estimate of drug-likeness (QED) is 0.435. The van der Waals surface area contributed by atoms with Crippen molar-refractivity contribution >= 4 is 39.4 Å². The Hall–Kier alpha value is -3.47. The molecule has 0 fully saturated rings. The molecule has 2 aromatic heterocycles. The Labute approximate surface area is 138 Å². The molecule has 4 aromatic rings. The number of hydrogen-bond donors (Lipinski definition) is 2. The van der Waals surface area contributed by atoms with Gasteiger partial charge in [-0.15, -0.1) is 0 Å². The van der Waals surface area contributed by atoms with E-state index in [-0.39, 0.29) is 5.96 Å². The van der Waals surface area contributed by atoms with Gasteiger partial charge in [-0.1, -0.05) is 36.4 Å². The minimum atomic E-state index is 0.251. The molecule has 0 atom stereocenters. The van der Waals surface area contributed by atoms with Gasteiger partial charge in [0.15, 0.2) is 5.82 Å². The van der Waals surface area contributed by atoms with E-state index in [1.165, 1.54) is 0 Å². The van der Waals surface area contributed by atoms with Crippen molar-refractivity contribution in [1.29, 1.82) is 0 Å². The van der Waals surface area contributed by atoms with Gasteiger partial charge in [0.1, 0.15) is 5.82 Å². The molecule has 0 unspecified atom stereocenters. The first-order valence-corrected chi connectivity index (χ1v) is 7.61. The number of rotatable bonds is 2. The molecule has 4 rings (SSSR count). The number of benzene rings is 2. The number of fused-ring (bicyclic) bond motifs is 2. The molecule has 0 bridgehead atoms. The number of aliphatic imine (C=N–C) groups is 1. The molecule has 0 aliphatic rings. The highest BCUT2D eigenvalue weighted by atomic mass is 15.1. The molecular formula is C19H15N5. The van der Waals surface area contributed by atoms with Crippen LogP contribution in [0.15, 0.2) is 77.8 Å². The maximum Gasteiger partial charge on any atom is 0.201 e. The van der Waals surface area contributed by atoms with Crippen LogP contribution in [0.5, 0.6) is 0 Å². The topological polar surface area (TPSA) is 76.2 Å². The lowest BCUT2D eigenvalue weighted by Crippen LogP contribution is -2.22. The summed E-state index contributed by atoms with van der Waals surface area (Å²) in [6.07, 6.45) is 0. The summed E-state index contributed by atoms with van der Waals surface area (Å²) in [7, 11) is 0. The van der Waals surface area contributed by atoms with Crippen molar-refractivity contribution in [3.05, 3.63) is 72.8 Å². The molecule has 0 spiro atoms. The van der Waals surface area contributed by atoms with Gasteiger partial charge in [0, 0.05) is 10.8 Å². The summed E-state index contributed by atoms with van der Waals surface area (Å²) in [5.74, 6) is 1.45. The normalized spacial score (nSPS) is 11.8. The predicted molar refractivity (Wildman–Crippen MR) is 98.4 cm³/mol. The predicted octanol–water partition coefficient (Wildman–Crippen LogP) is 3.84. The smallest absolute Gasteiger partial charge is 0.201 e. The number of nitrogens with two attached hydrogens (primary N) is 1. The molecule has 3 N–H and O–H groups in total. The van der Waals surface area contributed by atoms with E-state index in [1.807, 2.05) is 72.8 Å². The van der Waals surface area contributed by atoms with E-state index in [0.29, 0.717) is 11.6 Å². The van der Waals surface area contributed by atoms with Gasteiger partial charge in [-0.25, -0.2) is 9.97 Å². The van der Waals surface area contributed by atoms with Gasteiger partial charge in [-0.05, 0) is 36.4 Å². The third-order valence-corrected chi connectivity index (χ3v) is 3.67. The monoisotopic (exact) mass is 313 g/mol. The lowest BCUT2D eigenvalue weighted by atomic mass is 10.2. The van der Waals surface area contributed by atoms with Crippen molar-refractivity contribution in [3.63, 3.8) is 0 Å². The first-order chi connectivity index (χ1) is 11.8. The summed E-state index contributed by atoms with van der Waals surface area (Å²) in [5.41, 5.74) is 7.77. The first-order valence-electron chi connectivity index (χ1n) is 7.61. The Kier molecular flexibility index (Phi) is 3.51. The average molecular weight is 313 g/mol. The fourth-order valence-corrected chi connectivity index (χ4v) is 2.54. The highest BCUT2D eigenvalue weighted by Gasteiger charge is 2.01. The van der Waals surface area contributed by atoms with Gasteiger partial charge in [0.05, 0.1) is 11.0 Å². The third kappa shape index (κ3) is 2.87. The van der Waals surface area contributed by atoms with Crippen LogP contribution in [0.25, 0.3) is 21.8 Å². The summed E-state index contributed by atoms with van der Waals surface area (Å²) in [6.45, 7) is 0. The minimum Gasteiger partial charge on any atom is -0.369 e. The first kappa shape index (κ1) is 14.1. The molecule has 0 radical (unpaired) electrons. The second kappa shape index (κ2) is 5.96. The van der Waals surface area contributed by atoms with E-state index in [0.717, 1.165) is 21.8 Å². The van der Waals surface area contributed by atoms with Crippen LogP contribution in [0, 0.1) is 0 Å². The van der Waals surface area contributed by atoms with Crippen LogP contribution >= 0.6 is 0 Å². The Morgan fingerprint density at radius 2 is 1.38 bits per heavy atom. The summed E-state index contributed by atoms with van der Waals surface area (Å²) in [6, 6.07) is 23.5. The lowest BCUT2D eigenvalue weighted by Gasteiger charge is -2.06. The molecule has 5 heteroatoms. The van der Waals surface area contributed by atoms with Gasteiger partial charge in [-0.3, -0.25) is 0 Å². The molecule has 0 saturated carbocycles. The molecule has 5 nitrogen and oxygen atoms in total. The van der Waals surface area contributed by atoms with Gasteiger partial charge < -0.3 is 11.1 Å². The van der Waals surface area contributed by atoms with Crippen LogP contribution in [-0.2, 0) is 0 Å². The van der Waals surface area contributed by atoms with E-state index in [1.54, 1.807) is 0 Å². The second-order valence-corrected chi connectivity index (χ2v) is 5.37. The second-order valence-electron chi connectivity index (χ2n) is 5.37. The van der Waals surface area contributed by atoms with E-state index in [9.17, 15) is 0 Å². The summed E-state index contributed by atoms with van der Waals surface area (Å²) < 4.78 is 0. The molecule has 0 aliphatic heterocycles. The standard InChI is InChI=1S/C19H15N5/c20-19(23-17-11-9-13-5-1-3-7-15(13)21-17)24-18-12-10-14-6-2-4-8-16(14)22-18/h1-12H,(H3,20,21,22,23,24). The number of hydrogen-bond acceptors (Lipinski definition) is 3. The van der Waals surface area contributed by atoms with E-state index < -0.39 is 0 Å². The molecule has 24 heavy (non-hydrogen) atoms. The Bertz CT molecular complexity index is 1060. The average Bonchev–Trinajstić information content (AvgIpc) is 2.61. The van der Waals surface area contributed by atoms with Gasteiger partial charge >= 0.3 is 0 Å². The van der Waals surface area contributed by atoms with Crippen LogP contribution in [0.4, 0.5) is 11.6 Å². The van der Waals surface area contributed by atoms with Crippen LogP contribution in [0.3, 0.4) is 0 Å². The van der Waals surface area contributed by atoms with Crippen molar-refractivity contribution in [2.24, 2.45) is 10.7 Å². The van der Waals surface area contributed by atoms with E-state index >= 15 is 0 Å². The summed E-state index contributed by atoms with van der Waals surface area (Å²) in [5, 5.41) is 5.15. The Morgan fingerprint density at radius 1 is 0.750 bits per heavy atom. The number of pyridine rings is 2. The van der Waals surface area contributed by atoms with Crippen LogP contribution in [-0.4, -0.2) is 15.9 Å². The number of nitrogens with one attached hydrogen (secondary N) is 1. The molecular weight excluding hydrogens is 298 g/mol. The maximum absolute atomic E-state index is 5.98. The lowest BCUT2D eigenvalue weighted by molar-refractivity contribution is 1.30. The van der Waals surface area contributed by atoms with Crippen molar-refractivity contribution in [2.45, 2.75) is 0 Å². The zero-order valence-electron chi connectivity index (χ0n) is 12.8. The number of anilines is 1. The number of guanidine groups is 1. The van der Waals surface area contributed by atoms with Crippen LogP contribution < -0.4 is 11.1 Å². The van der Waals surface area contributed by atoms with Crippen molar-refractivity contribution in [3.8, 4) is 0 Å². The fourth-order valence-electron chi connectivity index (χ4n) is 2.54. The number of aromatic nitrogens is 2. The van der Waals surface area contributed by atoms with E-state index in [2.05, 4.69) is 20.3 Å².